The van der Waals surface area contributed by atoms with Crippen molar-refractivity contribution in [3.63, 3.8) is 0 Å². The molecule has 2 unspecified atom stereocenters. The van der Waals surface area contributed by atoms with Crippen molar-refractivity contribution in [3.05, 3.63) is 52.7 Å². The molecule has 1 aliphatic rings. The van der Waals surface area contributed by atoms with Gasteiger partial charge in [0.25, 0.3) is 0 Å². The number of aliphatic carboxylic acids is 1. The molecule has 4 atom stereocenters. The molecule has 0 amide bonds. The number of ether oxygens (including phenoxy) is 1. The third-order valence-corrected chi connectivity index (χ3v) is 6.23. The lowest BCUT2D eigenvalue weighted by atomic mass is 9.95. The fraction of sp³-hybridized carbons (Fsp3) is 0.565. The van der Waals surface area contributed by atoms with E-state index in [2.05, 4.69) is 23.7 Å². The predicted octanol–water partition coefficient (Wildman–Crippen LogP) is 4.70. The van der Waals surface area contributed by atoms with Crippen molar-refractivity contribution in [1.82, 2.24) is 9.88 Å². The summed E-state index contributed by atoms with van der Waals surface area (Å²) in [6, 6.07) is 8.16. The minimum Gasteiger partial charge on any atom is -0.479 e. The molecular formula is C23H31ClN2O4. The molecule has 2 heterocycles. The largest absolute Gasteiger partial charge is 0.479 e. The van der Waals surface area contributed by atoms with Crippen LogP contribution in [0.5, 0.6) is 0 Å². The predicted molar refractivity (Wildman–Crippen MR) is 116 cm³/mol. The van der Waals surface area contributed by atoms with Crippen LogP contribution >= 0.6 is 11.6 Å². The summed E-state index contributed by atoms with van der Waals surface area (Å²) in [6.07, 6.45) is 4.61. The fourth-order valence-corrected chi connectivity index (χ4v) is 4.27. The second-order valence-electron chi connectivity index (χ2n) is 8.18. The molecule has 6 nitrogen and oxygen atoms in total. The van der Waals surface area contributed by atoms with Crippen LogP contribution in [0, 0.1) is 6.92 Å². The molecule has 0 aliphatic carbocycles. The van der Waals surface area contributed by atoms with E-state index in [9.17, 15) is 9.90 Å². The summed E-state index contributed by atoms with van der Waals surface area (Å²) in [5, 5.41) is 10.2. The van der Waals surface area contributed by atoms with Gasteiger partial charge in [0, 0.05) is 29.6 Å². The first-order valence-electron chi connectivity index (χ1n) is 10.6. The zero-order valence-corrected chi connectivity index (χ0v) is 18.6. The Morgan fingerprint density at radius 3 is 2.67 bits per heavy atom. The van der Waals surface area contributed by atoms with Gasteiger partial charge in [0.05, 0.1) is 12.8 Å². The van der Waals surface area contributed by atoms with Crippen LogP contribution < -0.4 is 0 Å². The first kappa shape index (κ1) is 22.8. The van der Waals surface area contributed by atoms with E-state index in [-0.39, 0.29) is 18.0 Å². The van der Waals surface area contributed by atoms with Gasteiger partial charge in [0.2, 0.25) is 0 Å². The average molecular weight is 435 g/mol. The molecule has 1 aliphatic heterocycles. The highest BCUT2D eigenvalue weighted by molar-refractivity contribution is 6.30. The Hall–Kier alpha value is -1.89. The standard InChI is InChI=1S/C23H31ClN2O4/c1-4-18(22-25-12-16(3)30-22)8-5-15(2)26-13-21(23(27)28)29-14-20(26)11-17-6-9-19(24)10-7-17/h6-7,9-10,12,15,18,20-21H,4-5,8,11,13-14H2,1-3H3,(H,27,28)/t15?,18?,20-,21+/m0/s1. The number of rotatable bonds is 9. The Labute approximate surface area is 183 Å². The number of carboxylic acid groups (broad SMARTS) is 1. The maximum atomic E-state index is 11.5. The van der Waals surface area contributed by atoms with Gasteiger partial charge in [-0.15, -0.1) is 0 Å². The molecule has 0 radical (unpaired) electrons. The molecular weight excluding hydrogens is 404 g/mol. The van der Waals surface area contributed by atoms with E-state index < -0.39 is 12.1 Å². The number of morpholine rings is 1. The van der Waals surface area contributed by atoms with E-state index >= 15 is 0 Å². The highest BCUT2D eigenvalue weighted by Crippen LogP contribution is 2.28. The molecule has 1 aromatic carbocycles. The highest BCUT2D eigenvalue weighted by Gasteiger charge is 2.35. The summed E-state index contributed by atoms with van der Waals surface area (Å²) in [5.41, 5.74) is 1.17. The normalized spacial score (nSPS) is 22.0. The molecule has 0 spiro atoms. The van der Waals surface area contributed by atoms with Crippen LogP contribution in [0.4, 0.5) is 0 Å². The maximum absolute atomic E-state index is 11.5. The van der Waals surface area contributed by atoms with Gasteiger partial charge in [-0.1, -0.05) is 30.7 Å². The van der Waals surface area contributed by atoms with E-state index in [1.54, 1.807) is 6.20 Å². The molecule has 0 bridgehead atoms. The van der Waals surface area contributed by atoms with Gasteiger partial charge in [-0.2, -0.15) is 0 Å². The van der Waals surface area contributed by atoms with Crippen molar-refractivity contribution in [2.45, 2.75) is 70.6 Å². The number of benzene rings is 1. The molecule has 1 fully saturated rings. The number of halogens is 1. The zero-order valence-electron chi connectivity index (χ0n) is 17.9. The first-order valence-corrected chi connectivity index (χ1v) is 11.0. The van der Waals surface area contributed by atoms with Crippen LogP contribution in [0.2, 0.25) is 5.02 Å². The Kier molecular flexibility index (Phi) is 7.92. The van der Waals surface area contributed by atoms with E-state index in [4.69, 9.17) is 20.8 Å². The number of oxazole rings is 1. The van der Waals surface area contributed by atoms with Crippen molar-refractivity contribution in [2.24, 2.45) is 0 Å². The molecule has 1 aromatic heterocycles. The Morgan fingerprint density at radius 1 is 1.33 bits per heavy atom. The second kappa shape index (κ2) is 10.4. The second-order valence-corrected chi connectivity index (χ2v) is 8.62. The van der Waals surface area contributed by atoms with Gasteiger partial charge in [0.15, 0.2) is 12.0 Å². The smallest absolute Gasteiger partial charge is 0.334 e. The zero-order chi connectivity index (χ0) is 21.7. The topological polar surface area (TPSA) is 75.8 Å². The monoisotopic (exact) mass is 434 g/mol. The maximum Gasteiger partial charge on any atom is 0.334 e. The van der Waals surface area contributed by atoms with Gasteiger partial charge in [0.1, 0.15) is 5.76 Å². The minimum atomic E-state index is -0.904. The van der Waals surface area contributed by atoms with Crippen molar-refractivity contribution in [2.75, 3.05) is 13.2 Å². The molecule has 3 rings (SSSR count). The Bertz CT molecular complexity index is 823. The summed E-state index contributed by atoms with van der Waals surface area (Å²) in [5.74, 6) is 0.994. The summed E-state index contributed by atoms with van der Waals surface area (Å²) < 4.78 is 11.4. The van der Waals surface area contributed by atoms with Gasteiger partial charge in [-0.05, 0) is 57.2 Å². The third kappa shape index (κ3) is 5.84. The van der Waals surface area contributed by atoms with Crippen LogP contribution in [0.15, 0.2) is 34.9 Å². The van der Waals surface area contributed by atoms with Crippen LogP contribution in [0.1, 0.15) is 56.2 Å². The van der Waals surface area contributed by atoms with Gasteiger partial charge >= 0.3 is 5.97 Å². The number of carboxylic acids is 1. The molecule has 2 aromatic rings. The van der Waals surface area contributed by atoms with Crippen LogP contribution in [0.3, 0.4) is 0 Å². The summed E-state index contributed by atoms with van der Waals surface area (Å²) in [6.45, 7) is 7.02. The average Bonchev–Trinajstić information content (AvgIpc) is 3.16. The van der Waals surface area contributed by atoms with E-state index in [0.717, 1.165) is 37.3 Å². The first-order chi connectivity index (χ1) is 14.4. The van der Waals surface area contributed by atoms with Crippen molar-refractivity contribution >= 4 is 17.6 Å². The highest BCUT2D eigenvalue weighted by atomic mass is 35.5. The van der Waals surface area contributed by atoms with Gasteiger partial charge in [-0.3, -0.25) is 4.90 Å². The quantitative estimate of drug-likeness (QED) is 0.616. The number of aryl methyl sites for hydroxylation is 1. The van der Waals surface area contributed by atoms with Crippen LogP contribution in [-0.2, 0) is 16.0 Å². The summed E-state index contributed by atoms with van der Waals surface area (Å²) in [7, 11) is 0. The van der Waals surface area contributed by atoms with Gasteiger partial charge < -0.3 is 14.3 Å². The SMILES string of the molecule is CCC(CCC(C)N1C[C@H](C(=O)O)OC[C@@H]1Cc1ccc(Cl)cc1)c1ncc(C)o1. The summed E-state index contributed by atoms with van der Waals surface area (Å²) >= 11 is 6.01. The Morgan fingerprint density at radius 2 is 2.07 bits per heavy atom. The molecule has 7 heteroatoms. The lowest BCUT2D eigenvalue weighted by Gasteiger charge is -2.42. The van der Waals surface area contributed by atoms with Crippen molar-refractivity contribution in [3.8, 4) is 0 Å². The summed E-state index contributed by atoms with van der Waals surface area (Å²) in [4.78, 5) is 18.2. The molecule has 30 heavy (non-hydrogen) atoms. The molecule has 0 saturated carbocycles. The third-order valence-electron chi connectivity index (χ3n) is 5.98. The number of hydrogen-bond donors (Lipinski definition) is 1. The van der Waals surface area contributed by atoms with E-state index in [0.29, 0.717) is 18.2 Å². The lowest BCUT2D eigenvalue weighted by molar-refractivity contribution is -0.161. The van der Waals surface area contributed by atoms with E-state index in [1.165, 1.54) is 5.56 Å². The number of hydrogen-bond acceptors (Lipinski definition) is 5. The van der Waals surface area contributed by atoms with Gasteiger partial charge in [-0.25, -0.2) is 9.78 Å². The van der Waals surface area contributed by atoms with E-state index in [1.807, 2.05) is 31.2 Å². The van der Waals surface area contributed by atoms with Crippen molar-refractivity contribution in [1.29, 1.82) is 0 Å². The Balaban J connectivity index is 1.67. The molecule has 1 N–H and O–H groups in total. The molecule has 1 saturated heterocycles. The van der Waals surface area contributed by atoms with Crippen LogP contribution in [-0.4, -0.2) is 52.3 Å². The fourth-order valence-electron chi connectivity index (χ4n) is 4.15. The van der Waals surface area contributed by atoms with Crippen molar-refractivity contribution < 1.29 is 19.1 Å². The van der Waals surface area contributed by atoms with Crippen LogP contribution in [0.25, 0.3) is 0 Å². The number of nitrogens with zero attached hydrogens (tertiary/aromatic N) is 2. The number of carbonyl (C=O) groups is 1. The number of aromatic nitrogens is 1. The lowest BCUT2D eigenvalue weighted by Crippen LogP contribution is -2.56. The minimum absolute atomic E-state index is 0.126. The molecule has 164 valence electrons.